The molecule has 0 bridgehead atoms. The summed E-state index contributed by atoms with van der Waals surface area (Å²) in [5.41, 5.74) is 4.03. The van der Waals surface area contributed by atoms with Crippen LogP contribution in [0.3, 0.4) is 0 Å². The summed E-state index contributed by atoms with van der Waals surface area (Å²) in [7, 11) is 0. The third kappa shape index (κ3) is 3.32. The highest BCUT2D eigenvalue weighted by Crippen LogP contribution is 2.29. The van der Waals surface area contributed by atoms with Gasteiger partial charge in [0.25, 0.3) is 5.91 Å². The molecule has 0 aliphatic carbocycles. The van der Waals surface area contributed by atoms with Crippen LogP contribution in [0.4, 0.5) is 5.69 Å². The standard InChI is InChI=1S/C20H21NO3/c1-3-19(22)24-17-9-7-15(8-10-17)20(23)21-12-4-5-16-13-14(2)6-11-18(16)21/h6-11,13H,3-5,12H2,1-2H3. The van der Waals surface area contributed by atoms with Crippen molar-refractivity contribution in [3.8, 4) is 5.75 Å². The lowest BCUT2D eigenvalue weighted by Gasteiger charge is -2.30. The fraction of sp³-hybridized carbons (Fsp3) is 0.300. The molecule has 1 amide bonds. The van der Waals surface area contributed by atoms with Crippen molar-refractivity contribution < 1.29 is 14.3 Å². The summed E-state index contributed by atoms with van der Waals surface area (Å²) in [6, 6.07) is 13.0. The van der Waals surface area contributed by atoms with Crippen LogP contribution in [0, 0.1) is 6.92 Å². The molecule has 24 heavy (non-hydrogen) atoms. The predicted molar refractivity (Wildman–Crippen MR) is 93.5 cm³/mol. The molecule has 0 unspecified atom stereocenters. The van der Waals surface area contributed by atoms with Crippen molar-refractivity contribution in [2.24, 2.45) is 0 Å². The first-order chi connectivity index (χ1) is 11.6. The van der Waals surface area contributed by atoms with E-state index in [-0.39, 0.29) is 11.9 Å². The number of carbonyl (C=O) groups excluding carboxylic acids is 2. The first-order valence-electron chi connectivity index (χ1n) is 8.30. The number of rotatable bonds is 3. The third-order valence-corrected chi connectivity index (χ3v) is 4.22. The summed E-state index contributed by atoms with van der Waals surface area (Å²) in [4.78, 5) is 26.0. The van der Waals surface area contributed by atoms with E-state index in [1.54, 1.807) is 31.2 Å². The Labute approximate surface area is 142 Å². The minimum absolute atomic E-state index is 0.0202. The number of amides is 1. The Kier molecular flexibility index (Phi) is 4.65. The Morgan fingerprint density at radius 3 is 2.58 bits per heavy atom. The molecule has 2 aromatic rings. The molecule has 1 aliphatic heterocycles. The highest BCUT2D eigenvalue weighted by molar-refractivity contribution is 6.06. The summed E-state index contributed by atoms with van der Waals surface area (Å²) >= 11 is 0. The van der Waals surface area contributed by atoms with Gasteiger partial charge in [-0.25, -0.2) is 0 Å². The molecule has 0 aromatic heterocycles. The molecule has 2 aromatic carbocycles. The van der Waals surface area contributed by atoms with Gasteiger partial charge in [0.2, 0.25) is 0 Å². The first kappa shape index (κ1) is 16.2. The summed E-state index contributed by atoms with van der Waals surface area (Å²) < 4.78 is 5.15. The van der Waals surface area contributed by atoms with Crippen molar-refractivity contribution in [1.29, 1.82) is 0 Å². The van der Waals surface area contributed by atoms with Crippen LogP contribution in [-0.2, 0) is 11.2 Å². The molecule has 3 rings (SSSR count). The minimum Gasteiger partial charge on any atom is -0.427 e. The van der Waals surface area contributed by atoms with Gasteiger partial charge in [-0.3, -0.25) is 9.59 Å². The largest absolute Gasteiger partial charge is 0.427 e. The number of aryl methyl sites for hydroxylation is 2. The Hall–Kier alpha value is -2.62. The number of ether oxygens (including phenoxy) is 1. The maximum Gasteiger partial charge on any atom is 0.310 e. The fourth-order valence-corrected chi connectivity index (χ4v) is 2.96. The Morgan fingerprint density at radius 2 is 1.88 bits per heavy atom. The Morgan fingerprint density at radius 1 is 1.12 bits per heavy atom. The molecular weight excluding hydrogens is 302 g/mol. The highest BCUT2D eigenvalue weighted by Gasteiger charge is 2.23. The number of nitrogens with zero attached hydrogens (tertiary/aromatic N) is 1. The predicted octanol–water partition coefficient (Wildman–Crippen LogP) is 3.90. The molecule has 0 radical (unpaired) electrons. The van der Waals surface area contributed by atoms with Crippen LogP contribution in [0.15, 0.2) is 42.5 Å². The van der Waals surface area contributed by atoms with Gasteiger partial charge in [0.15, 0.2) is 0 Å². The van der Waals surface area contributed by atoms with Crippen molar-refractivity contribution in [2.45, 2.75) is 33.1 Å². The lowest BCUT2D eigenvalue weighted by Crippen LogP contribution is -2.35. The topological polar surface area (TPSA) is 46.6 Å². The molecule has 0 fully saturated rings. The van der Waals surface area contributed by atoms with Gasteiger partial charge in [0.05, 0.1) is 0 Å². The van der Waals surface area contributed by atoms with E-state index < -0.39 is 0 Å². The summed E-state index contributed by atoms with van der Waals surface area (Å²) in [6.45, 7) is 4.54. The average molecular weight is 323 g/mol. The molecule has 4 nitrogen and oxygen atoms in total. The monoisotopic (exact) mass is 323 g/mol. The molecule has 4 heteroatoms. The molecule has 0 atom stereocenters. The maximum absolute atomic E-state index is 12.9. The number of anilines is 1. The van der Waals surface area contributed by atoms with E-state index in [4.69, 9.17) is 4.74 Å². The smallest absolute Gasteiger partial charge is 0.310 e. The van der Waals surface area contributed by atoms with E-state index in [0.29, 0.717) is 17.7 Å². The fourth-order valence-electron chi connectivity index (χ4n) is 2.96. The molecule has 0 N–H and O–H groups in total. The van der Waals surface area contributed by atoms with Crippen LogP contribution in [-0.4, -0.2) is 18.4 Å². The zero-order valence-electron chi connectivity index (χ0n) is 14.0. The lowest BCUT2D eigenvalue weighted by molar-refractivity contribution is -0.134. The second-order valence-electron chi connectivity index (χ2n) is 6.04. The zero-order chi connectivity index (χ0) is 17.1. The minimum atomic E-state index is -0.283. The zero-order valence-corrected chi connectivity index (χ0v) is 14.0. The molecular formula is C20H21NO3. The van der Waals surface area contributed by atoms with Crippen LogP contribution in [0.1, 0.15) is 41.3 Å². The summed E-state index contributed by atoms with van der Waals surface area (Å²) in [5.74, 6) is 0.163. The van der Waals surface area contributed by atoms with Crippen LogP contribution in [0.25, 0.3) is 0 Å². The molecule has 1 heterocycles. The highest BCUT2D eigenvalue weighted by atomic mass is 16.5. The molecule has 0 saturated heterocycles. The van der Waals surface area contributed by atoms with Crippen molar-refractivity contribution in [1.82, 2.24) is 0 Å². The average Bonchev–Trinajstić information content (AvgIpc) is 2.61. The van der Waals surface area contributed by atoms with Gasteiger partial charge in [-0.1, -0.05) is 24.6 Å². The number of esters is 1. The van der Waals surface area contributed by atoms with E-state index in [1.807, 2.05) is 17.0 Å². The van der Waals surface area contributed by atoms with Gasteiger partial charge in [0.1, 0.15) is 5.75 Å². The number of hydrogen-bond donors (Lipinski definition) is 0. The number of fused-ring (bicyclic) bond motifs is 1. The van der Waals surface area contributed by atoms with Crippen LogP contribution < -0.4 is 9.64 Å². The van der Waals surface area contributed by atoms with Crippen molar-refractivity contribution >= 4 is 17.6 Å². The van der Waals surface area contributed by atoms with Crippen molar-refractivity contribution in [2.75, 3.05) is 11.4 Å². The molecule has 1 aliphatic rings. The lowest BCUT2D eigenvalue weighted by atomic mass is 9.99. The molecule has 0 spiro atoms. The van der Waals surface area contributed by atoms with Gasteiger partial charge in [0, 0.05) is 24.2 Å². The second-order valence-corrected chi connectivity index (χ2v) is 6.04. The molecule has 0 saturated carbocycles. The summed E-state index contributed by atoms with van der Waals surface area (Å²) in [5, 5.41) is 0. The SMILES string of the molecule is CCC(=O)Oc1ccc(C(=O)N2CCCc3cc(C)ccc32)cc1. The van der Waals surface area contributed by atoms with E-state index in [2.05, 4.69) is 13.0 Å². The quantitative estimate of drug-likeness (QED) is 0.635. The van der Waals surface area contributed by atoms with Crippen molar-refractivity contribution in [3.05, 3.63) is 59.2 Å². The number of carbonyl (C=O) groups is 2. The van der Waals surface area contributed by atoms with E-state index in [0.717, 1.165) is 25.1 Å². The number of benzene rings is 2. The first-order valence-corrected chi connectivity index (χ1v) is 8.30. The van der Waals surface area contributed by atoms with E-state index >= 15 is 0 Å². The third-order valence-electron chi connectivity index (χ3n) is 4.22. The Balaban J connectivity index is 1.81. The van der Waals surface area contributed by atoms with Crippen molar-refractivity contribution in [3.63, 3.8) is 0 Å². The van der Waals surface area contributed by atoms with Gasteiger partial charge >= 0.3 is 5.97 Å². The van der Waals surface area contributed by atoms with Crippen LogP contribution in [0.5, 0.6) is 5.75 Å². The molecule has 124 valence electrons. The van der Waals surface area contributed by atoms with Crippen LogP contribution in [0.2, 0.25) is 0 Å². The van der Waals surface area contributed by atoms with Gasteiger partial charge < -0.3 is 9.64 Å². The van der Waals surface area contributed by atoms with E-state index in [1.165, 1.54) is 11.1 Å². The van der Waals surface area contributed by atoms with Crippen LogP contribution >= 0.6 is 0 Å². The second kappa shape index (κ2) is 6.87. The summed E-state index contributed by atoms with van der Waals surface area (Å²) in [6.07, 6.45) is 2.30. The van der Waals surface area contributed by atoms with Gasteiger partial charge in [-0.05, 0) is 55.7 Å². The normalized spacial score (nSPS) is 13.3. The number of hydrogen-bond acceptors (Lipinski definition) is 3. The Bertz CT molecular complexity index is 765. The maximum atomic E-state index is 12.9. The van der Waals surface area contributed by atoms with Gasteiger partial charge in [-0.15, -0.1) is 0 Å². The van der Waals surface area contributed by atoms with Gasteiger partial charge in [-0.2, -0.15) is 0 Å². The van der Waals surface area contributed by atoms with E-state index in [9.17, 15) is 9.59 Å².